The van der Waals surface area contributed by atoms with Crippen molar-refractivity contribution in [2.45, 2.75) is 25.7 Å². The molecule has 1 aliphatic carbocycles. The molecule has 1 aromatic carbocycles. The van der Waals surface area contributed by atoms with Crippen LogP contribution < -0.4 is 5.32 Å². The van der Waals surface area contributed by atoms with Gasteiger partial charge in [-0.3, -0.25) is 4.79 Å². The molecule has 1 N–H and O–H groups in total. The van der Waals surface area contributed by atoms with Gasteiger partial charge >= 0.3 is 0 Å². The van der Waals surface area contributed by atoms with Gasteiger partial charge in [-0.05, 0) is 48.9 Å². The summed E-state index contributed by atoms with van der Waals surface area (Å²) >= 11 is 0. The highest BCUT2D eigenvalue weighted by atomic mass is 16.1. The molecular formula is C18H21N3O. The summed E-state index contributed by atoms with van der Waals surface area (Å²) in [4.78, 5) is 11.8. The van der Waals surface area contributed by atoms with Gasteiger partial charge in [-0.15, -0.1) is 0 Å². The van der Waals surface area contributed by atoms with Crippen LogP contribution in [0.25, 0.3) is 5.69 Å². The molecule has 0 saturated carbocycles. The minimum absolute atomic E-state index is 0.157. The summed E-state index contributed by atoms with van der Waals surface area (Å²) in [6.45, 7) is 0.691. The second kappa shape index (κ2) is 7.07. The van der Waals surface area contributed by atoms with Gasteiger partial charge in [-0.25, -0.2) is 4.68 Å². The van der Waals surface area contributed by atoms with Crippen molar-refractivity contribution in [1.29, 1.82) is 0 Å². The fourth-order valence-electron chi connectivity index (χ4n) is 2.76. The number of amides is 1. The van der Waals surface area contributed by atoms with Crippen LogP contribution in [0.1, 0.15) is 24.8 Å². The van der Waals surface area contributed by atoms with Crippen molar-refractivity contribution in [3.8, 4) is 5.69 Å². The first-order chi connectivity index (χ1) is 10.8. The Morgan fingerprint density at radius 3 is 2.86 bits per heavy atom. The van der Waals surface area contributed by atoms with Gasteiger partial charge in [0.25, 0.3) is 0 Å². The number of carbonyl (C=O) groups excluding carboxylic acids is 1. The number of allylic oxidation sites excluding steroid dienone is 2. The molecule has 3 rings (SSSR count). The Kier molecular flexibility index (Phi) is 4.68. The molecule has 1 amide bonds. The highest BCUT2D eigenvalue weighted by molar-refractivity contribution is 5.76. The zero-order chi connectivity index (χ0) is 15.2. The lowest BCUT2D eigenvalue weighted by molar-refractivity contribution is -0.121. The first kappa shape index (κ1) is 14.6. The highest BCUT2D eigenvalue weighted by Crippen LogP contribution is 2.19. The Labute approximate surface area is 130 Å². The van der Waals surface area contributed by atoms with Crippen LogP contribution in [0.2, 0.25) is 0 Å². The Morgan fingerprint density at radius 2 is 2.18 bits per heavy atom. The second-order valence-electron chi connectivity index (χ2n) is 5.69. The van der Waals surface area contributed by atoms with Gasteiger partial charge in [0.2, 0.25) is 5.91 Å². The first-order valence-corrected chi connectivity index (χ1v) is 7.83. The maximum Gasteiger partial charge on any atom is 0.220 e. The van der Waals surface area contributed by atoms with Crippen LogP contribution in [0.4, 0.5) is 0 Å². The van der Waals surface area contributed by atoms with Crippen LogP contribution in [-0.2, 0) is 11.2 Å². The smallest absolute Gasteiger partial charge is 0.220 e. The summed E-state index contributed by atoms with van der Waals surface area (Å²) in [7, 11) is 0. The molecule has 4 nitrogen and oxygen atoms in total. The lowest BCUT2D eigenvalue weighted by Crippen LogP contribution is -2.26. The average molecular weight is 295 g/mol. The third-order valence-electron chi connectivity index (χ3n) is 4.00. The minimum Gasteiger partial charge on any atom is -0.356 e. The number of benzene rings is 1. The molecule has 2 aromatic rings. The van der Waals surface area contributed by atoms with E-state index in [4.69, 9.17) is 0 Å². The molecule has 0 saturated heterocycles. The van der Waals surface area contributed by atoms with E-state index in [0.717, 1.165) is 24.9 Å². The molecule has 0 radical (unpaired) electrons. The van der Waals surface area contributed by atoms with Gasteiger partial charge in [0.1, 0.15) is 0 Å². The summed E-state index contributed by atoms with van der Waals surface area (Å²) in [6, 6.07) is 10.2. The van der Waals surface area contributed by atoms with Crippen LogP contribution >= 0.6 is 0 Å². The Bertz CT molecular complexity index is 629. The quantitative estimate of drug-likeness (QED) is 0.833. The molecule has 1 heterocycles. The van der Waals surface area contributed by atoms with E-state index in [9.17, 15) is 4.79 Å². The molecular weight excluding hydrogens is 274 g/mol. The fourth-order valence-corrected chi connectivity index (χ4v) is 2.76. The summed E-state index contributed by atoms with van der Waals surface area (Å²) in [5.74, 6) is 0.595. The molecule has 0 spiro atoms. The predicted octanol–water partition coefficient (Wildman–Crippen LogP) is 2.89. The standard InChI is InChI=1S/C18H21N3O/c22-18(14-16-4-1-2-5-16)19-12-10-15-6-8-17(9-7-15)21-13-3-11-20-21/h1,3-4,6-9,11,13,16H,2,5,10,12,14H2,(H,19,22). The number of nitrogens with one attached hydrogen (secondary N) is 1. The number of nitrogens with zero attached hydrogens (tertiary/aromatic N) is 2. The van der Waals surface area contributed by atoms with Gasteiger partial charge in [-0.1, -0.05) is 24.3 Å². The van der Waals surface area contributed by atoms with E-state index in [1.807, 2.05) is 29.1 Å². The fraction of sp³-hybridized carbons (Fsp3) is 0.333. The third kappa shape index (κ3) is 3.85. The van der Waals surface area contributed by atoms with Crippen LogP contribution in [-0.4, -0.2) is 22.2 Å². The molecule has 1 unspecified atom stereocenters. The normalized spacial score (nSPS) is 16.8. The lowest BCUT2D eigenvalue weighted by atomic mass is 10.0. The topological polar surface area (TPSA) is 46.9 Å². The van der Waals surface area contributed by atoms with Crippen LogP contribution in [0.5, 0.6) is 0 Å². The number of carbonyl (C=O) groups is 1. The van der Waals surface area contributed by atoms with Gasteiger partial charge in [0.15, 0.2) is 0 Å². The SMILES string of the molecule is O=C(CC1C=CCC1)NCCc1ccc(-n2cccn2)cc1. The molecule has 114 valence electrons. The zero-order valence-electron chi connectivity index (χ0n) is 12.6. The number of hydrogen-bond donors (Lipinski definition) is 1. The second-order valence-corrected chi connectivity index (χ2v) is 5.69. The molecule has 0 aliphatic heterocycles. The maximum atomic E-state index is 11.8. The summed E-state index contributed by atoms with van der Waals surface area (Å²) < 4.78 is 1.83. The van der Waals surface area contributed by atoms with E-state index < -0.39 is 0 Å². The molecule has 0 bridgehead atoms. The third-order valence-corrected chi connectivity index (χ3v) is 4.00. The van der Waals surface area contributed by atoms with Crippen molar-refractivity contribution in [3.63, 3.8) is 0 Å². The number of rotatable bonds is 6. The van der Waals surface area contributed by atoms with Gasteiger partial charge in [0.05, 0.1) is 5.69 Å². The maximum absolute atomic E-state index is 11.8. The molecule has 22 heavy (non-hydrogen) atoms. The van der Waals surface area contributed by atoms with Crippen LogP contribution in [0.3, 0.4) is 0 Å². The molecule has 1 aromatic heterocycles. The predicted molar refractivity (Wildman–Crippen MR) is 86.8 cm³/mol. The number of hydrogen-bond acceptors (Lipinski definition) is 2. The van der Waals surface area contributed by atoms with Crippen molar-refractivity contribution in [2.24, 2.45) is 5.92 Å². The van der Waals surface area contributed by atoms with Gasteiger partial charge < -0.3 is 5.32 Å². The van der Waals surface area contributed by atoms with Crippen molar-refractivity contribution in [2.75, 3.05) is 6.54 Å². The monoisotopic (exact) mass is 295 g/mol. The molecule has 4 heteroatoms. The average Bonchev–Trinajstić information content (AvgIpc) is 3.21. The van der Waals surface area contributed by atoms with Gasteiger partial charge in [0, 0.05) is 25.4 Å². The van der Waals surface area contributed by atoms with Gasteiger partial charge in [-0.2, -0.15) is 5.10 Å². The van der Waals surface area contributed by atoms with Crippen molar-refractivity contribution < 1.29 is 4.79 Å². The molecule has 1 atom stereocenters. The van der Waals surface area contributed by atoms with E-state index in [-0.39, 0.29) is 5.91 Å². The highest BCUT2D eigenvalue weighted by Gasteiger charge is 2.13. The summed E-state index contributed by atoms with van der Waals surface area (Å²) in [5.41, 5.74) is 2.27. The molecule has 0 fully saturated rings. The van der Waals surface area contributed by atoms with E-state index in [2.05, 4.69) is 34.7 Å². The summed E-state index contributed by atoms with van der Waals surface area (Å²) in [5, 5.41) is 7.21. The minimum atomic E-state index is 0.157. The zero-order valence-corrected chi connectivity index (χ0v) is 12.6. The van der Waals surface area contributed by atoms with Crippen molar-refractivity contribution in [3.05, 3.63) is 60.4 Å². The van der Waals surface area contributed by atoms with E-state index in [0.29, 0.717) is 18.9 Å². The first-order valence-electron chi connectivity index (χ1n) is 7.83. The summed E-state index contributed by atoms with van der Waals surface area (Å²) in [6.07, 6.45) is 11.7. The van der Waals surface area contributed by atoms with E-state index >= 15 is 0 Å². The Balaban J connectivity index is 1.43. The molecule has 1 aliphatic rings. The van der Waals surface area contributed by atoms with E-state index in [1.165, 1.54) is 5.56 Å². The van der Waals surface area contributed by atoms with Crippen LogP contribution in [0, 0.1) is 5.92 Å². The lowest BCUT2D eigenvalue weighted by Gasteiger charge is -2.09. The van der Waals surface area contributed by atoms with Crippen molar-refractivity contribution in [1.82, 2.24) is 15.1 Å². The Morgan fingerprint density at radius 1 is 1.32 bits per heavy atom. The number of aromatic nitrogens is 2. The Hall–Kier alpha value is -2.36. The van der Waals surface area contributed by atoms with E-state index in [1.54, 1.807) is 6.20 Å². The van der Waals surface area contributed by atoms with Crippen LogP contribution in [0.15, 0.2) is 54.9 Å². The van der Waals surface area contributed by atoms with Crippen molar-refractivity contribution >= 4 is 5.91 Å². The largest absolute Gasteiger partial charge is 0.356 e.